The Kier molecular flexibility index (Phi) is 7.81. The van der Waals surface area contributed by atoms with Crippen molar-refractivity contribution >= 4 is 28.7 Å². The molecule has 1 amide bonds. The molecule has 0 fully saturated rings. The minimum Gasteiger partial charge on any atom is -0.472 e. The highest BCUT2D eigenvalue weighted by molar-refractivity contribution is 6.06. The quantitative estimate of drug-likeness (QED) is 0.188. The van der Waals surface area contributed by atoms with Crippen LogP contribution in [0, 0.1) is 5.82 Å². The van der Waals surface area contributed by atoms with Gasteiger partial charge in [-0.25, -0.2) is 14.4 Å². The molecule has 0 unspecified atom stereocenters. The number of ether oxygens (including phenoxy) is 1. The molecular weight excluding hydrogens is 527 g/mol. The molecule has 0 radical (unpaired) electrons. The molecule has 0 aliphatic rings. The van der Waals surface area contributed by atoms with Gasteiger partial charge in [0.1, 0.15) is 24.4 Å². The first-order valence-electron chi connectivity index (χ1n) is 13.5. The van der Waals surface area contributed by atoms with E-state index in [1.165, 1.54) is 36.7 Å². The standard InChI is InChI=1S/C35H27FN4O2/c36-28-16-18-29(19-17-28)39-31(41)21-20-30-32-34(37-24-38-35(32)42-23-26-12-6-2-7-13-26)40(22-25-10-4-1-5-11-25)33(30)27-14-8-3-9-15-27/h1-21,24H,22-23H2,(H,39,41)/b21-20+. The molecule has 0 aliphatic carbocycles. The first-order valence-corrected chi connectivity index (χ1v) is 13.5. The van der Waals surface area contributed by atoms with Gasteiger partial charge in [-0.3, -0.25) is 4.79 Å². The SMILES string of the molecule is O=C(/C=C/c1c(-c2ccccc2)n(Cc2ccccc2)c2ncnc(OCc3ccccc3)c12)Nc1ccc(F)cc1. The van der Waals surface area contributed by atoms with Crippen molar-refractivity contribution in [3.05, 3.63) is 150 Å². The zero-order valence-electron chi connectivity index (χ0n) is 22.7. The van der Waals surface area contributed by atoms with Crippen molar-refractivity contribution in [1.82, 2.24) is 14.5 Å². The number of halogens is 1. The van der Waals surface area contributed by atoms with Crippen LogP contribution >= 0.6 is 0 Å². The fraction of sp³-hybridized carbons (Fsp3) is 0.0571. The molecule has 6 rings (SSSR count). The van der Waals surface area contributed by atoms with Crippen LogP contribution < -0.4 is 10.1 Å². The van der Waals surface area contributed by atoms with Crippen LogP contribution in [0.15, 0.2) is 128 Å². The second kappa shape index (κ2) is 12.3. The fourth-order valence-corrected chi connectivity index (χ4v) is 4.87. The van der Waals surface area contributed by atoms with E-state index in [0.29, 0.717) is 35.8 Å². The fourth-order valence-electron chi connectivity index (χ4n) is 4.87. The van der Waals surface area contributed by atoms with Gasteiger partial charge >= 0.3 is 0 Å². The van der Waals surface area contributed by atoms with Crippen LogP contribution in [0.1, 0.15) is 16.7 Å². The van der Waals surface area contributed by atoms with E-state index in [1.54, 1.807) is 6.08 Å². The summed E-state index contributed by atoms with van der Waals surface area (Å²) >= 11 is 0. The molecule has 6 nitrogen and oxygen atoms in total. The molecule has 2 heterocycles. The van der Waals surface area contributed by atoms with Gasteiger partial charge in [0.25, 0.3) is 0 Å². The first kappa shape index (κ1) is 26.7. The minimum absolute atomic E-state index is 0.325. The number of hydrogen-bond donors (Lipinski definition) is 1. The molecular formula is C35H27FN4O2. The molecule has 0 bridgehead atoms. The van der Waals surface area contributed by atoms with Gasteiger partial charge in [-0.15, -0.1) is 0 Å². The van der Waals surface area contributed by atoms with E-state index in [-0.39, 0.29) is 11.7 Å². The molecule has 206 valence electrons. The maximum Gasteiger partial charge on any atom is 0.248 e. The van der Waals surface area contributed by atoms with E-state index in [9.17, 15) is 9.18 Å². The zero-order valence-corrected chi connectivity index (χ0v) is 22.7. The number of carbonyl (C=O) groups excluding carboxylic acids is 1. The average molecular weight is 555 g/mol. The predicted octanol–water partition coefficient (Wildman–Crippen LogP) is 7.52. The van der Waals surface area contributed by atoms with E-state index in [0.717, 1.165) is 27.9 Å². The molecule has 42 heavy (non-hydrogen) atoms. The average Bonchev–Trinajstić information content (AvgIpc) is 3.35. The Balaban J connectivity index is 1.49. The smallest absolute Gasteiger partial charge is 0.248 e. The van der Waals surface area contributed by atoms with Gasteiger partial charge in [0.2, 0.25) is 11.8 Å². The third-order valence-electron chi connectivity index (χ3n) is 6.80. The lowest BCUT2D eigenvalue weighted by molar-refractivity contribution is -0.111. The summed E-state index contributed by atoms with van der Waals surface area (Å²) in [5.41, 5.74) is 5.88. The Bertz CT molecular complexity index is 1840. The Morgan fingerprint density at radius 3 is 2.14 bits per heavy atom. The molecule has 0 atom stereocenters. The van der Waals surface area contributed by atoms with Crippen LogP contribution in [0.4, 0.5) is 10.1 Å². The second-order valence-electron chi connectivity index (χ2n) is 9.68. The van der Waals surface area contributed by atoms with E-state index < -0.39 is 0 Å². The van der Waals surface area contributed by atoms with Crippen LogP contribution in [0.2, 0.25) is 0 Å². The normalized spacial score (nSPS) is 11.2. The maximum absolute atomic E-state index is 13.4. The minimum atomic E-state index is -0.370. The lowest BCUT2D eigenvalue weighted by Crippen LogP contribution is -2.07. The molecule has 0 saturated carbocycles. The van der Waals surface area contributed by atoms with Crippen molar-refractivity contribution in [2.75, 3.05) is 5.32 Å². The number of aromatic nitrogens is 3. The van der Waals surface area contributed by atoms with Gasteiger partial charge < -0.3 is 14.6 Å². The van der Waals surface area contributed by atoms with Crippen LogP contribution in [-0.4, -0.2) is 20.4 Å². The van der Waals surface area contributed by atoms with Gasteiger partial charge in [-0.05, 0) is 47.0 Å². The molecule has 6 aromatic rings. The van der Waals surface area contributed by atoms with Gasteiger partial charge in [0.05, 0.1) is 11.1 Å². The van der Waals surface area contributed by atoms with Crippen molar-refractivity contribution in [3.8, 4) is 17.1 Å². The van der Waals surface area contributed by atoms with E-state index in [1.807, 2.05) is 78.9 Å². The molecule has 1 N–H and O–H groups in total. The van der Waals surface area contributed by atoms with Gasteiger partial charge in [-0.1, -0.05) is 91.0 Å². The number of fused-ring (bicyclic) bond motifs is 1. The summed E-state index contributed by atoms with van der Waals surface area (Å²) in [6.07, 6.45) is 4.74. The summed E-state index contributed by atoms with van der Waals surface area (Å²) < 4.78 is 21.8. The predicted molar refractivity (Wildman–Crippen MR) is 163 cm³/mol. The summed E-state index contributed by atoms with van der Waals surface area (Å²) in [6.45, 7) is 0.873. The Morgan fingerprint density at radius 2 is 1.45 bits per heavy atom. The lowest BCUT2D eigenvalue weighted by Gasteiger charge is -2.12. The number of hydrogen-bond acceptors (Lipinski definition) is 4. The number of anilines is 1. The van der Waals surface area contributed by atoms with Gasteiger partial charge in [-0.2, -0.15) is 0 Å². The van der Waals surface area contributed by atoms with Crippen LogP contribution in [0.25, 0.3) is 28.4 Å². The number of amides is 1. The van der Waals surface area contributed by atoms with Gasteiger partial charge in [0, 0.05) is 23.9 Å². The zero-order chi connectivity index (χ0) is 28.7. The molecule has 0 saturated heterocycles. The Labute approximate surface area is 242 Å². The molecule has 7 heteroatoms. The third-order valence-corrected chi connectivity index (χ3v) is 6.80. The van der Waals surface area contributed by atoms with Crippen molar-refractivity contribution in [1.29, 1.82) is 0 Å². The number of nitrogens with zero attached hydrogens (tertiary/aromatic N) is 3. The Morgan fingerprint density at radius 1 is 0.810 bits per heavy atom. The lowest BCUT2D eigenvalue weighted by atomic mass is 10.0. The van der Waals surface area contributed by atoms with Crippen LogP contribution in [0.5, 0.6) is 5.88 Å². The topological polar surface area (TPSA) is 69.0 Å². The highest BCUT2D eigenvalue weighted by Gasteiger charge is 2.23. The molecule has 2 aromatic heterocycles. The van der Waals surface area contributed by atoms with Crippen molar-refractivity contribution < 1.29 is 13.9 Å². The van der Waals surface area contributed by atoms with E-state index in [2.05, 4.69) is 27.0 Å². The van der Waals surface area contributed by atoms with E-state index >= 15 is 0 Å². The number of rotatable bonds is 9. The summed E-state index contributed by atoms with van der Waals surface area (Å²) in [5, 5.41) is 3.50. The largest absolute Gasteiger partial charge is 0.472 e. The number of benzene rings is 4. The van der Waals surface area contributed by atoms with Crippen LogP contribution in [0.3, 0.4) is 0 Å². The van der Waals surface area contributed by atoms with Crippen molar-refractivity contribution in [2.45, 2.75) is 13.2 Å². The third kappa shape index (κ3) is 5.95. The summed E-state index contributed by atoms with van der Waals surface area (Å²) in [4.78, 5) is 22.2. The molecule has 4 aromatic carbocycles. The monoisotopic (exact) mass is 554 g/mol. The summed E-state index contributed by atoms with van der Waals surface area (Å²) in [6, 6.07) is 35.7. The summed E-state index contributed by atoms with van der Waals surface area (Å²) in [7, 11) is 0. The molecule has 0 aliphatic heterocycles. The van der Waals surface area contributed by atoms with Crippen LogP contribution in [-0.2, 0) is 17.9 Å². The molecule has 0 spiro atoms. The van der Waals surface area contributed by atoms with E-state index in [4.69, 9.17) is 9.72 Å². The second-order valence-corrected chi connectivity index (χ2v) is 9.68. The maximum atomic E-state index is 13.4. The van der Waals surface area contributed by atoms with Crippen molar-refractivity contribution in [3.63, 3.8) is 0 Å². The Hall–Kier alpha value is -5.56. The van der Waals surface area contributed by atoms with Crippen molar-refractivity contribution in [2.24, 2.45) is 0 Å². The first-order chi connectivity index (χ1) is 20.7. The number of nitrogens with one attached hydrogen (secondary N) is 1. The van der Waals surface area contributed by atoms with Gasteiger partial charge in [0.15, 0.2) is 0 Å². The highest BCUT2D eigenvalue weighted by Crippen LogP contribution is 2.38. The summed E-state index contributed by atoms with van der Waals surface area (Å²) in [5.74, 6) is -0.301. The number of carbonyl (C=O) groups is 1. The highest BCUT2D eigenvalue weighted by atomic mass is 19.1.